The van der Waals surface area contributed by atoms with E-state index >= 15 is 0 Å². The molecule has 1 aliphatic heterocycles. The van der Waals surface area contributed by atoms with E-state index < -0.39 is 11.9 Å². The smallest absolute Gasteiger partial charge is 0.315 e. The third-order valence-electron chi connectivity index (χ3n) is 2.62. The van der Waals surface area contributed by atoms with E-state index in [1.54, 1.807) is 6.92 Å². The van der Waals surface area contributed by atoms with Gasteiger partial charge in [-0.3, -0.25) is 4.79 Å². The molecule has 1 saturated heterocycles. The molecular formula is C10H18N2O4. The minimum atomic E-state index is -0.921. The molecule has 2 unspecified atom stereocenters. The Kier molecular flexibility index (Phi) is 4.12. The van der Waals surface area contributed by atoms with Crippen LogP contribution in [0.15, 0.2) is 0 Å². The average Bonchev–Trinajstić information content (AvgIpc) is 2.60. The largest absolute Gasteiger partial charge is 0.481 e. The van der Waals surface area contributed by atoms with Crippen molar-refractivity contribution in [2.24, 2.45) is 5.92 Å². The number of carbonyl (C=O) groups excluding carboxylic acids is 1. The Morgan fingerprint density at radius 3 is 2.75 bits per heavy atom. The van der Waals surface area contributed by atoms with Crippen molar-refractivity contribution in [2.45, 2.75) is 25.8 Å². The van der Waals surface area contributed by atoms with Gasteiger partial charge in [0.15, 0.2) is 0 Å². The molecule has 16 heavy (non-hydrogen) atoms. The number of amides is 2. The zero-order valence-corrected chi connectivity index (χ0v) is 9.58. The quantitative estimate of drug-likeness (QED) is 0.643. The van der Waals surface area contributed by atoms with Crippen LogP contribution in [0.5, 0.6) is 0 Å². The number of rotatable bonds is 4. The molecule has 0 aromatic heterocycles. The summed E-state index contributed by atoms with van der Waals surface area (Å²) in [6, 6.07) is -0.346. The van der Waals surface area contributed by atoms with Gasteiger partial charge in [-0.05, 0) is 13.3 Å². The van der Waals surface area contributed by atoms with Gasteiger partial charge in [0.1, 0.15) is 0 Å². The van der Waals surface area contributed by atoms with Gasteiger partial charge >= 0.3 is 12.0 Å². The highest BCUT2D eigenvalue weighted by molar-refractivity contribution is 5.76. The summed E-state index contributed by atoms with van der Waals surface area (Å²) in [5, 5.41) is 13.9. The fraction of sp³-hybridized carbons (Fsp3) is 0.800. The molecule has 2 amide bonds. The fourth-order valence-electron chi connectivity index (χ4n) is 1.42. The first kappa shape index (κ1) is 12.8. The second kappa shape index (κ2) is 5.16. The number of urea groups is 1. The summed E-state index contributed by atoms with van der Waals surface area (Å²) >= 11 is 0. The lowest BCUT2D eigenvalue weighted by atomic mass is 10.0. The molecule has 3 N–H and O–H groups in total. The van der Waals surface area contributed by atoms with Crippen LogP contribution in [-0.2, 0) is 9.53 Å². The van der Waals surface area contributed by atoms with Crippen LogP contribution in [0.1, 0.15) is 20.3 Å². The van der Waals surface area contributed by atoms with Crippen molar-refractivity contribution in [3.63, 3.8) is 0 Å². The molecule has 0 spiro atoms. The van der Waals surface area contributed by atoms with E-state index in [0.717, 1.165) is 6.42 Å². The number of carboxylic acid groups (broad SMARTS) is 1. The first-order valence-electron chi connectivity index (χ1n) is 5.29. The molecule has 0 bridgehead atoms. The lowest BCUT2D eigenvalue weighted by Crippen LogP contribution is -2.51. The molecule has 1 heterocycles. The number of aliphatic carboxylic acids is 1. The third-order valence-corrected chi connectivity index (χ3v) is 2.62. The Balaban J connectivity index is 2.28. The van der Waals surface area contributed by atoms with Crippen molar-refractivity contribution in [1.82, 2.24) is 10.6 Å². The van der Waals surface area contributed by atoms with Crippen molar-refractivity contribution in [3.8, 4) is 0 Å². The maximum atomic E-state index is 11.5. The average molecular weight is 230 g/mol. The van der Waals surface area contributed by atoms with E-state index in [-0.39, 0.29) is 18.1 Å². The topological polar surface area (TPSA) is 87.7 Å². The third kappa shape index (κ3) is 3.69. The zero-order valence-electron chi connectivity index (χ0n) is 9.58. The van der Waals surface area contributed by atoms with E-state index in [1.807, 2.05) is 6.92 Å². The van der Waals surface area contributed by atoms with E-state index in [1.165, 1.54) is 0 Å². The van der Waals surface area contributed by atoms with E-state index in [0.29, 0.717) is 13.2 Å². The molecule has 1 aliphatic rings. The molecule has 0 aromatic rings. The lowest BCUT2D eigenvalue weighted by molar-refractivity contribution is -0.140. The number of carboxylic acids is 1. The van der Waals surface area contributed by atoms with Gasteiger partial charge < -0.3 is 20.5 Å². The second-order valence-corrected chi connectivity index (χ2v) is 4.44. The van der Waals surface area contributed by atoms with Crippen molar-refractivity contribution < 1.29 is 19.4 Å². The first-order chi connectivity index (χ1) is 7.43. The number of ether oxygens (including phenoxy) is 1. The molecule has 1 rings (SSSR count). The summed E-state index contributed by atoms with van der Waals surface area (Å²) in [6.45, 7) is 4.71. The summed E-state index contributed by atoms with van der Waals surface area (Å²) in [5.41, 5.74) is -0.337. The fourth-order valence-corrected chi connectivity index (χ4v) is 1.42. The molecule has 1 fully saturated rings. The monoisotopic (exact) mass is 230 g/mol. The van der Waals surface area contributed by atoms with Gasteiger partial charge in [-0.25, -0.2) is 4.79 Å². The van der Waals surface area contributed by atoms with Crippen molar-refractivity contribution in [1.29, 1.82) is 0 Å². The predicted octanol–water partition coefficient (Wildman–Crippen LogP) is 0.185. The van der Waals surface area contributed by atoms with Gasteiger partial charge in [0.05, 0.1) is 18.1 Å². The Labute approximate surface area is 94.3 Å². The zero-order chi connectivity index (χ0) is 12.2. The van der Waals surface area contributed by atoms with Gasteiger partial charge in [0, 0.05) is 13.2 Å². The molecule has 6 nitrogen and oxygen atoms in total. The van der Waals surface area contributed by atoms with Gasteiger partial charge in [-0.15, -0.1) is 0 Å². The highest BCUT2D eigenvalue weighted by atomic mass is 16.5. The molecule has 0 aromatic carbocycles. The van der Waals surface area contributed by atoms with Crippen molar-refractivity contribution in [2.75, 3.05) is 19.8 Å². The van der Waals surface area contributed by atoms with Gasteiger partial charge in [-0.1, -0.05) is 6.92 Å². The molecule has 92 valence electrons. The standard InChI is InChI=1S/C10H18N2O4/c1-7(8(13)14)5-11-9(15)12-10(2)3-4-16-6-10/h7H,3-6H2,1-2H3,(H,13,14)(H2,11,12,15). The molecule has 0 aliphatic carbocycles. The number of carbonyl (C=O) groups is 2. The Hall–Kier alpha value is -1.30. The molecule has 0 saturated carbocycles. The van der Waals surface area contributed by atoms with Crippen LogP contribution in [0.3, 0.4) is 0 Å². The van der Waals surface area contributed by atoms with E-state index in [9.17, 15) is 9.59 Å². The predicted molar refractivity (Wildman–Crippen MR) is 57.2 cm³/mol. The lowest BCUT2D eigenvalue weighted by Gasteiger charge is -2.23. The van der Waals surface area contributed by atoms with E-state index in [2.05, 4.69) is 10.6 Å². The summed E-state index contributed by atoms with van der Waals surface area (Å²) in [6.07, 6.45) is 0.773. The highest BCUT2D eigenvalue weighted by Gasteiger charge is 2.31. The Morgan fingerprint density at radius 2 is 2.25 bits per heavy atom. The number of nitrogens with one attached hydrogen (secondary N) is 2. The molecular weight excluding hydrogens is 212 g/mol. The summed E-state index contributed by atoms with van der Waals surface area (Å²) in [5.74, 6) is -1.51. The minimum Gasteiger partial charge on any atom is -0.481 e. The van der Waals surface area contributed by atoms with E-state index in [4.69, 9.17) is 9.84 Å². The second-order valence-electron chi connectivity index (χ2n) is 4.44. The van der Waals surface area contributed by atoms with Gasteiger partial charge in [0.2, 0.25) is 0 Å². The Bertz CT molecular complexity index is 274. The first-order valence-corrected chi connectivity index (χ1v) is 5.29. The van der Waals surface area contributed by atoms with Crippen molar-refractivity contribution >= 4 is 12.0 Å². The van der Waals surface area contributed by atoms with Crippen molar-refractivity contribution in [3.05, 3.63) is 0 Å². The van der Waals surface area contributed by atoms with Crippen LogP contribution >= 0.6 is 0 Å². The number of hydrogen-bond acceptors (Lipinski definition) is 3. The maximum Gasteiger partial charge on any atom is 0.315 e. The molecule has 2 atom stereocenters. The summed E-state index contributed by atoms with van der Waals surface area (Å²) < 4.78 is 5.19. The normalized spacial score (nSPS) is 26.1. The molecule has 6 heteroatoms. The van der Waals surface area contributed by atoms with Crippen LogP contribution in [0.2, 0.25) is 0 Å². The minimum absolute atomic E-state index is 0.123. The summed E-state index contributed by atoms with van der Waals surface area (Å²) in [4.78, 5) is 22.0. The highest BCUT2D eigenvalue weighted by Crippen LogP contribution is 2.16. The Morgan fingerprint density at radius 1 is 1.56 bits per heavy atom. The SMILES string of the molecule is CC(CNC(=O)NC1(C)CCOC1)C(=O)O. The van der Waals surface area contributed by atoms with Gasteiger partial charge in [-0.2, -0.15) is 0 Å². The maximum absolute atomic E-state index is 11.5. The van der Waals surface area contributed by atoms with Crippen LogP contribution in [-0.4, -0.2) is 42.4 Å². The molecule has 0 radical (unpaired) electrons. The van der Waals surface area contributed by atoms with Crippen LogP contribution in [0.4, 0.5) is 4.79 Å². The van der Waals surface area contributed by atoms with Crippen LogP contribution in [0, 0.1) is 5.92 Å². The number of hydrogen-bond donors (Lipinski definition) is 3. The van der Waals surface area contributed by atoms with Gasteiger partial charge in [0.25, 0.3) is 0 Å². The summed E-state index contributed by atoms with van der Waals surface area (Å²) in [7, 11) is 0. The van der Waals surface area contributed by atoms with Crippen LogP contribution in [0.25, 0.3) is 0 Å². The van der Waals surface area contributed by atoms with Crippen LogP contribution < -0.4 is 10.6 Å².